The number of hydrogen-bond acceptors (Lipinski definition) is 2. The lowest BCUT2D eigenvalue weighted by Gasteiger charge is -2.46. The number of carbonyl (C=O) groups excluding carboxylic acids is 2. The third kappa shape index (κ3) is 2.99. The Hall–Kier alpha value is -1.84. The minimum absolute atomic E-state index is 0.0520. The molecule has 1 atom stereocenters. The van der Waals surface area contributed by atoms with Crippen LogP contribution in [-0.2, 0) is 16.1 Å². The highest BCUT2D eigenvalue weighted by atomic mass is 16.2. The first-order valence-electron chi connectivity index (χ1n) is 8.69. The molecule has 1 unspecified atom stereocenters. The Labute approximate surface area is 138 Å². The van der Waals surface area contributed by atoms with Gasteiger partial charge in [0.05, 0.1) is 0 Å². The van der Waals surface area contributed by atoms with Crippen LogP contribution in [0.15, 0.2) is 30.3 Å². The summed E-state index contributed by atoms with van der Waals surface area (Å²) >= 11 is 0. The Bertz CT molecular complexity index is 576. The molecule has 1 aromatic carbocycles. The Morgan fingerprint density at radius 1 is 1.17 bits per heavy atom. The molecule has 2 aliphatic rings. The summed E-state index contributed by atoms with van der Waals surface area (Å²) in [6.07, 6.45) is 4.30. The fourth-order valence-electron chi connectivity index (χ4n) is 3.96. The maximum atomic E-state index is 13.1. The van der Waals surface area contributed by atoms with Crippen LogP contribution in [0, 0.1) is 5.92 Å². The summed E-state index contributed by atoms with van der Waals surface area (Å²) in [6.45, 7) is 4.70. The van der Waals surface area contributed by atoms with E-state index < -0.39 is 5.54 Å². The van der Waals surface area contributed by atoms with Crippen LogP contribution in [0.5, 0.6) is 0 Å². The van der Waals surface area contributed by atoms with Gasteiger partial charge in [0.25, 0.3) is 0 Å². The molecule has 0 radical (unpaired) electrons. The lowest BCUT2D eigenvalue weighted by atomic mass is 9.87. The van der Waals surface area contributed by atoms with Crippen molar-refractivity contribution in [2.45, 2.75) is 64.1 Å². The van der Waals surface area contributed by atoms with Crippen molar-refractivity contribution < 1.29 is 9.59 Å². The molecule has 1 aromatic rings. The van der Waals surface area contributed by atoms with E-state index in [2.05, 4.69) is 19.2 Å². The normalized spacial score (nSPS) is 23.6. The highest BCUT2D eigenvalue weighted by Crippen LogP contribution is 2.39. The van der Waals surface area contributed by atoms with Gasteiger partial charge in [-0.25, -0.2) is 0 Å². The van der Waals surface area contributed by atoms with Gasteiger partial charge in [-0.3, -0.25) is 9.59 Å². The molecule has 1 heterocycles. The summed E-state index contributed by atoms with van der Waals surface area (Å²) in [7, 11) is 0. The molecule has 0 bridgehead atoms. The third-order valence-electron chi connectivity index (χ3n) is 5.13. The van der Waals surface area contributed by atoms with E-state index in [0.717, 1.165) is 31.2 Å². The van der Waals surface area contributed by atoms with Crippen LogP contribution in [0.1, 0.15) is 51.5 Å². The van der Waals surface area contributed by atoms with Crippen LogP contribution in [0.2, 0.25) is 0 Å². The van der Waals surface area contributed by atoms with Crippen molar-refractivity contribution in [1.82, 2.24) is 10.2 Å². The minimum Gasteiger partial charge on any atom is -0.342 e. The number of piperazine rings is 1. The number of hydrogen-bond donors (Lipinski definition) is 1. The SMILES string of the molecule is CC(C)CC1NC(=O)C2(CCCC2)N(Cc2ccccc2)C1=O. The predicted molar refractivity (Wildman–Crippen MR) is 89.6 cm³/mol. The van der Waals surface area contributed by atoms with E-state index in [4.69, 9.17) is 0 Å². The summed E-state index contributed by atoms with van der Waals surface area (Å²) in [5, 5.41) is 3.02. The highest BCUT2D eigenvalue weighted by Gasteiger charge is 2.53. The predicted octanol–water partition coefficient (Wildman–Crippen LogP) is 2.87. The molecule has 4 nitrogen and oxygen atoms in total. The smallest absolute Gasteiger partial charge is 0.246 e. The van der Waals surface area contributed by atoms with E-state index in [1.165, 1.54) is 0 Å². The maximum Gasteiger partial charge on any atom is 0.246 e. The molecule has 1 aliphatic carbocycles. The first kappa shape index (κ1) is 16.0. The molecule has 1 saturated heterocycles. The molecule has 23 heavy (non-hydrogen) atoms. The Kier molecular flexibility index (Phi) is 4.42. The van der Waals surface area contributed by atoms with Gasteiger partial charge in [-0.15, -0.1) is 0 Å². The van der Waals surface area contributed by atoms with E-state index in [9.17, 15) is 9.59 Å². The third-order valence-corrected chi connectivity index (χ3v) is 5.13. The van der Waals surface area contributed by atoms with Crippen LogP contribution >= 0.6 is 0 Å². The average Bonchev–Trinajstić information content (AvgIpc) is 3.01. The van der Waals surface area contributed by atoms with Gasteiger partial charge in [-0.05, 0) is 30.7 Å². The maximum absolute atomic E-state index is 13.1. The van der Waals surface area contributed by atoms with Gasteiger partial charge in [0.2, 0.25) is 11.8 Å². The zero-order valence-electron chi connectivity index (χ0n) is 14.0. The van der Waals surface area contributed by atoms with Crippen molar-refractivity contribution >= 4 is 11.8 Å². The van der Waals surface area contributed by atoms with Crippen molar-refractivity contribution in [3.8, 4) is 0 Å². The zero-order chi connectivity index (χ0) is 16.4. The van der Waals surface area contributed by atoms with Crippen molar-refractivity contribution in [3.05, 3.63) is 35.9 Å². The molecular weight excluding hydrogens is 288 g/mol. The van der Waals surface area contributed by atoms with Crippen molar-refractivity contribution in [2.24, 2.45) is 5.92 Å². The molecule has 3 rings (SSSR count). The number of nitrogens with one attached hydrogen (secondary N) is 1. The number of amides is 2. The summed E-state index contributed by atoms with van der Waals surface area (Å²) < 4.78 is 0. The second-order valence-electron chi connectivity index (χ2n) is 7.30. The highest BCUT2D eigenvalue weighted by molar-refractivity contribution is 6.00. The van der Waals surface area contributed by atoms with Gasteiger partial charge in [-0.2, -0.15) is 0 Å². The number of benzene rings is 1. The topological polar surface area (TPSA) is 49.4 Å². The fraction of sp³-hybridized carbons (Fsp3) is 0.579. The number of carbonyl (C=O) groups is 2. The second-order valence-corrected chi connectivity index (χ2v) is 7.30. The second kappa shape index (κ2) is 6.34. The summed E-state index contributed by atoms with van der Waals surface area (Å²) in [4.78, 5) is 27.8. The first-order chi connectivity index (χ1) is 11.0. The van der Waals surface area contributed by atoms with Crippen LogP contribution < -0.4 is 5.32 Å². The fourth-order valence-corrected chi connectivity index (χ4v) is 3.96. The van der Waals surface area contributed by atoms with Crippen LogP contribution in [0.3, 0.4) is 0 Å². The van der Waals surface area contributed by atoms with Gasteiger partial charge in [0, 0.05) is 6.54 Å². The first-order valence-corrected chi connectivity index (χ1v) is 8.69. The largest absolute Gasteiger partial charge is 0.342 e. The molecular formula is C19H26N2O2. The van der Waals surface area contributed by atoms with Gasteiger partial charge >= 0.3 is 0 Å². The molecule has 1 spiro atoms. The quantitative estimate of drug-likeness (QED) is 0.929. The number of rotatable bonds is 4. The molecule has 4 heteroatoms. The molecule has 1 N–H and O–H groups in total. The Morgan fingerprint density at radius 3 is 2.43 bits per heavy atom. The molecule has 0 aromatic heterocycles. The van der Waals surface area contributed by atoms with Crippen LogP contribution in [0.4, 0.5) is 0 Å². The zero-order valence-corrected chi connectivity index (χ0v) is 14.0. The van der Waals surface area contributed by atoms with Gasteiger partial charge in [0.1, 0.15) is 11.6 Å². The molecule has 1 aliphatic heterocycles. The molecule has 2 fully saturated rings. The lowest BCUT2D eigenvalue weighted by Crippen LogP contribution is -2.69. The molecule has 2 amide bonds. The molecule has 1 saturated carbocycles. The van der Waals surface area contributed by atoms with Crippen molar-refractivity contribution in [2.75, 3.05) is 0 Å². The lowest BCUT2D eigenvalue weighted by molar-refractivity contribution is -0.158. The number of nitrogens with zero attached hydrogens (tertiary/aromatic N) is 1. The Morgan fingerprint density at radius 2 is 1.83 bits per heavy atom. The monoisotopic (exact) mass is 314 g/mol. The van der Waals surface area contributed by atoms with Crippen molar-refractivity contribution in [1.29, 1.82) is 0 Å². The standard InChI is InChI=1S/C19H26N2O2/c1-14(2)12-16-17(22)21(13-15-8-4-3-5-9-15)19(18(23)20-16)10-6-7-11-19/h3-5,8-9,14,16H,6-7,10-13H2,1-2H3,(H,20,23). The average molecular weight is 314 g/mol. The van der Waals surface area contributed by atoms with Gasteiger partial charge < -0.3 is 10.2 Å². The van der Waals surface area contributed by atoms with E-state index >= 15 is 0 Å². The summed E-state index contributed by atoms with van der Waals surface area (Å²) in [6, 6.07) is 9.62. The van der Waals surface area contributed by atoms with Crippen molar-refractivity contribution in [3.63, 3.8) is 0 Å². The Balaban J connectivity index is 1.91. The van der Waals surface area contributed by atoms with Gasteiger partial charge in [0.15, 0.2) is 0 Å². The summed E-state index contributed by atoms with van der Waals surface area (Å²) in [5.41, 5.74) is 0.463. The van der Waals surface area contributed by atoms with Gasteiger partial charge in [-0.1, -0.05) is 57.0 Å². The van der Waals surface area contributed by atoms with Crippen LogP contribution in [0.25, 0.3) is 0 Å². The minimum atomic E-state index is -0.625. The van der Waals surface area contributed by atoms with E-state index in [1.807, 2.05) is 35.2 Å². The van der Waals surface area contributed by atoms with E-state index in [0.29, 0.717) is 18.9 Å². The van der Waals surface area contributed by atoms with Crippen LogP contribution in [-0.4, -0.2) is 28.3 Å². The molecule has 124 valence electrons. The summed E-state index contributed by atoms with van der Waals surface area (Å²) in [5.74, 6) is 0.515. The van der Waals surface area contributed by atoms with E-state index in [-0.39, 0.29) is 17.9 Å². The van der Waals surface area contributed by atoms with E-state index in [1.54, 1.807) is 0 Å².